The highest BCUT2D eigenvalue weighted by atomic mass is 15.4. The Morgan fingerprint density at radius 2 is 1.38 bits per heavy atom. The van der Waals surface area contributed by atoms with Crippen molar-refractivity contribution >= 4 is 5.96 Å². The molecule has 9 heteroatoms. The lowest BCUT2D eigenvalue weighted by molar-refractivity contribution is 0.147. The Morgan fingerprint density at radius 3 is 1.94 bits per heavy atom. The van der Waals surface area contributed by atoms with Gasteiger partial charge in [0.2, 0.25) is 0 Å². The lowest BCUT2D eigenvalue weighted by atomic mass is 9.74. The Bertz CT molecular complexity index is 902. The van der Waals surface area contributed by atoms with Crippen LogP contribution in [0.2, 0.25) is 0 Å². The van der Waals surface area contributed by atoms with Gasteiger partial charge in [0.15, 0.2) is 5.96 Å². The second kappa shape index (κ2) is 12.3. The zero-order chi connectivity index (χ0) is 23.8. The van der Waals surface area contributed by atoms with E-state index in [0.29, 0.717) is 23.8 Å². The van der Waals surface area contributed by atoms with Gasteiger partial charge in [-0.05, 0) is 50.4 Å². The molecule has 34 heavy (non-hydrogen) atoms. The fourth-order valence-electron chi connectivity index (χ4n) is 5.52. The number of hydrogen-bond donors (Lipinski definition) is 2. The molecule has 0 amide bonds. The van der Waals surface area contributed by atoms with E-state index in [0.717, 1.165) is 50.2 Å². The molecule has 4 atom stereocenters. The van der Waals surface area contributed by atoms with E-state index in [-0.39, 0.29) is 6.04 Å². The molecule has 0 saturated heterocycles. The molecule has 2 aromatic rings. The summed E-state index contributed by atoms with van der Waals surface area (Å²) in [5.41, 5.74) is 8.23. The van der Waals surface area contributed by atoms with Crippen molar-refractivity contribution in [3.8, 4) is 0 Å². The molecule has 1 aliphatic carbocycles. The molecule has 1 fully saturated rings. The molecule has 9 nitrogen and oxygen atoms in total. The molecule has 1 saturated carbocycles. The Labute approximate surface area is 204 Å². The van der Waals surface area contributed by atoms with Crippen LogP contribution in [-0.2, 0) is 25.9 Å². The van der Waals surface area contributed by atoms with Crippen LogP contribution in [0.25, 0.3) is 0 Å². The normalized spacial score (nSPS) is 24.1. The van der Waals surface area contributed by atoms with Crippen LogP contribution in [0.4, 0.5) is 0 Å². The number of aliphatic imine (C=N–C) groups is 1. The number of nitrogens with zero attached hydrogens (tertiary/aromatic N) is 7. The highest BCUT2D eigenvalue weighted by Gasteiger charge is 2.40. The molecule has 0 aromatic carbocycles. The molecule has 3 N–H and O–H groups in total. The van der Waals surface area contributed by atoms with Crippen molar-refractivity contribution < 1.29 is 0 Å². The highest BCUT2D eigenvalue weighted by Crippen LogP contribution is 2.36. The average Bonchev–Trinajstić information content (AvgIpc) is 3.54. The van der Waals surface area contributed by atoms with Crippen LogP contribution < -0.4 is 11.1 Å². The Kier molecular flexibility index (Phi) is 8.93. The van der Waals surface area contributed by atoms with Gasteiger partial charge in [-0.3, -0.25) is 9.36 Å². The number of aryl methyl sites for hydroxylation is 2. The van der Waals surface area contributed by atoms with Crippen LogP contribution in [-0.4, -0.2) is 48.0 Å². The zero-order valence-electron chi connectivity index (χ0n) is 21.1. The monoisotopic (exact) mass is 469 g/mol. The summed E-state index contributed by atoms with van der Waals surface area (Å²) in [4.78, 5) is 4.66. The molecule has 0 spiro atoms. The third kappa shape index (κ3) is 6.79. The maximum absolute atomic E-state index is 6.02. The number of guanidine groups is 1. The van der Waals surface area contributed by atoms with Gasteiger partial charge in [0.1, 0.15) is 0 Å². The van der Waals surface area contributed by atoms with E-state index in [2.05, 4.69) is 57.2 Å². The predicted octanol–water partition coefficient (Wildman–Crippen LogP) is 3.50. The van der Waals surface area contributed by atoms with Gasteiger partial charge in [0.05, 0.1) is 23.5 Å². The van der Waals surface area contributed by atoms with Crippen molar-refractivity contribution in [2.75, 3.05) is 0 Å². The molecule has 2 aliphatic rings. The van der Waals surface area contributed by atoms with Crippen molar-refractivity contribution in [3.05, 3.63) is 23.8 Å². The fourth-order valence-corrected chi connectivity index (χ4v) is 5.52. The van der Waals surface area contributed by atoms with E-state index in [9.17, 15) is 0 Å². The van der Waals surface area contributed by atoms with Gasteiger partial charge in [0.25, 0.3) is 0 Å². The fraction of sp³-hybridized carbons (Fsp3) is 0.800. The topological polar surface area (TPSA) is 112 Å². The smallest absolute Gasteiger partial charge is 0.189 e. The van der Waals surface area contributed by atoms with Crippen LogP contribution in [0.15, 0.2) is 17.4 Å². The minimum atomic E-state index is 0.253. The summed E-state index contributed by atoms with van der Waals surface area (Å²) in [6.45, 7) is 6.22. The summed E-state index contributed by atoms with van der Waals surface area (Å²) in [5.74, 6) is 1.49. The minimum Gasteiger partial charge on any atom is -0.370 e. The Balaban J connectivity index is 1.37. The van der Waals surface area contributed by atoms with Gasteiger partial charge in [-0.25, -0.2) is 4.99 Å². The summed E-state index contributed by atoms with van der Waals surface area (Å²) in [6.07, 6.45) is 18.4. The lowest BCUT2D eigenvalue weighted by Crippen LogP contribution is -2.46. The van der Waals surface area contributed by atoms with E-state index >= 15 is 0 Å². The maximum atomic E-state index is 6.02. The van der Waals surface area contributed by atoms with Crippen LogP contribution in [0, 0.1) is 11.8 Å². The van der Waals surface area contributed by atoms with E-state index in [1.807, 2.05) is 9.36 Å². The van der Waals surface area contributed by atoms with Gasteiger partial charge in [-0.2, -0.15) is 0 Å². The molecule has 188 valence electrons. The number of unbranched alkanes of at least 4 members (excludes halogenated alkanes) is 6. The second-order valence-electron chi connectivity index (χ2n) is 10.3. The number of aromatic nitrogens is 6. The van der Waals surface area contributed by atoms with Gasteiger partial charge in [-0.1, -0.05) is 62.8 Å². The predicted molar refractivity (Wildman–Crippen MR) is 134 cm³/mol. The van der Waals surface area contributed by atoms with Crippen molar-refractivity contribution in [1.29, 1.82) is 0 Å². The van der Waals surface area contributed by atoms with Crippen LogP contribution in [0.5, 0.6) is 0 Å². The third-order valence-electron chi connectivity index (χ3n) is 7.46. The molecule has 2 unspecified atom stereocenters. The van der Waals surface area contributed by atoms with Crippen LogP contribution >= 0.6 is 0 Å². The summed E-state index contributed by atoms with van der Waals surface area (Å²) in [7, 11) is 0. The summed E-state index contributed by atoms with van der Waals surface area (Å²) < 4.78 is 4.09. The maximum Gasteiger partial charge on any atom is 0.189 e. The molecular weight excluding hydrogens is 426 g/mol. The van der Waals surface area contributed by atoms with Gasteiger partial charge in [0, 0.05) is 25.5 Å². The number of nitrogens with two attached hydrogens (primary N) is 1. The first kappa shape index (κ1) is 24.7. The summed E-state index contributed by atoms with van der Waals surface area (Å²) in [6, 6.07) is 0.575. The van der Waals surface area contributed by atoms with Crippen LogP contribution in [0.1, 0.15) is 89.4 Å². The molecule has 3 heterocycles. The Hall–Kier alpha value is -2.45. The number of hydrogen-bond acceptors (Lipinski definition) is 7. The summed E-state index contributed by atoms with van der Waals surface area (Å²) in [5, 5.41) is 21.2. The largest absolute Gasteiger partial charge is 0.370 e. The average molecular weight is 470 g/mol. The molecular formula is C25H43N9. The number of fused-ring (bicyclic) bond motifs is 1. The van der Waals surface area contributed by atoms with Crippen molar-refractivity contribution in [2.45, 2.75) is 116 Å². The van der Waals surface area contributed by atoms with Gasteiger partial charge < -0.3 is 11.1 Å². The van der Waals surface area contributed by atoms with Gasteiger partial charge >= 0.3 is 0 Å². The molecule has 1 aliphatic heterocycles. The molecule has 0 bridgehead atoms. The third-order valence-corrected chi connectivity index (χ3v) is 7.46. The standard InChI is InChI=1S/C25H43N9/c1-3-5-7-9-11-21-17-33(31-29-21)15-19-13-23-24(28-25(26)27-23)14-20(19)16-34-18-22(30-32-34)12-10-8-6-4-2/h17-20,23-24H,3-16H2,1-2H3,(H3,26,27,28)/t19-,20-,23?,24?/m0/s1. The zero-order valence-corrected chi connectivity index (χ0v) is 21.1. The lowest BCUT2D eigenvalue weighted by Gasteiger charge is -2.37. The van der Waals surface area contributed by atoms with E-state index in [1.165, 1.54) is 51.4 Å². The Morgan fingerprint density at radius 1 is 0.824 bits per heavy atom. The van der Waals surface area contributed by atoms with Crippen LogP contribution in [0.3, 0.4) is 0 Å². The number of rotatable bonds is 14. The first-order valence-electron chi connectivity index (χ1n) is 13.5. The van der Waals surface area contributed by atoms with E-state index < -0.39 is 0 Å². The van der Waals surface area contributed by atoms with Crippen molar-refractivity contribution in [3.63, 3.8) is 0 Å². The second-order valence-corrected chi connectivity index (χ2v) is 10.3. The highest BCUT2D eigenvalue weighted by molar-refractivity contribution is 5.80. The van der Waals surface area contributed by atoms with Crippen molar-refractivity contribution in [1.82, 2.24) is 35.3 Å². The summed E-state index contributed by atoms with van der Waals surface area (Å²) >= 11 is 0. The first-order chi connectivity index (χ1) is 16.6. The van der Waals surface area contributed by atoms with E-state index in [4.69, 9.17) is 5.73 Å². The van der Waals surface area contributed by atoms with Crippen molar-refractivity contribution in [2.24, 2.45) is 22.6 Å². The number of nitrogens with one attached hydrogen (secondary N) is 1. The molecule has 0 radical (unpaired) electrons. The minimum absolute atomic E-state index is 0.253. The van der Waals surface area contributed by atoms with Gasteiger partial charge in [-0.15, -0.1) is 10.2 Å². The quantitative estimate of drug-likeness (QED) is 0.410. The SMILES string of the molecule is CCCCCCc1cn(C[C@@H]2CC3N=C(N)NC3C[C@H]2Cn2cc(CCCCCC)nn2)nn1. The van der Waals surface area contributed by atoms with E-state index in [1.54, 1.807) is 0 Å². The molecule has 4 rings (SSSR count). The molecule has 2 aromatic heterocycles. The first-order valence-corrected chi connectivity index (χ1v) is 13.5.